The van der Waals surface area contributed by atoms with Crippen LogP contribution in [-0.4, -0.2) is 39.0 Å². The quantitative estimate of drug-likeness (QED) is 0.226. The molecule has 0 bridgehead atoms. The summed E-state index contributed by atoms with van der Waals surface area (Å²) < 4.78 is 8.20. The Morgan fingerprint density at radius 3 is 2.00 bits per heavy atom. The fourth-order valence-corrected chi connectivity index (χ4v) is 6.42. The molecule has 41 heavy (non-hydrogen) atoms. The van der Waals surface area contributed by atoms with Crippen molar-refractivity contribution in [2.75, 3.05) is 6.54 Å². The van der Waals surface area contributed by atoms with E-state index in [2.05, 4.69) is 47.0 Å². The lowest BCUT2D eigenvalue weighted by Crippen LogP contribution is -2.49. The van der Waals surface area contributed by atoms with E-state index in [4.69, 9.17) is 4.74 Å². The molecular formula is C35H31N3O3. The van der Waals surface area contributed by atoms with Crippen LogP contribution >= 0.6 is 0 Å². The molecular weight excluding hydrogens is 510 g/mol. The zero-order valence-corrected chi connectivity index (χ0v) is 22.7. The number of aromatic nitrogens is 1. The van der Waals surface area contributed by atoms with Gasteiger partial charge >= 0.3 is 12.0 Å². The molecule has 6 nitrogen and oxygen atoms in total. The van der Waals surface area contributed by atoms with Crippen molar-refractivity contribution in [1.29, 1.82) is 0 Å². The molecule has 204 valence electrons. The maximum absolute atomic E-state index is 14.1. The number of carbonyl (C=O) groups is 2. The summed E-state index contributed by atoms with van der Waals surface area (Å²) in [6.07, 6.45) is 0.423. The Morgan fingerprint density at radius 1 is 0.732 bits per heavy atom. The molecule has 2 aliphatic rings. The highest BCUT2D eigenvalue weighted by atomic mass is 16.5. The van der Waals surface area contributed by atoms with Gasteiger partial charge in [-0.2, -0.15) is 0 Å². The lowest BCUT2D eigenvalue weighted by molar-refractivity contribution is -0.151. The lowest BCUT2D eigenvalue weighted by Gasteiger charge is -2.36. The highest BCUT2D eigenvalue weighted by Gasteiger charge is 2.50. The van der Waals surface area contributed by atoms with Gasteiger partial charge in [0.05, 0.1) is 6.04 Å². The Hall–Kier alpha value is -4.84. The summed E-state index contributed by atoms with van der Waals surface area (Å²) in [6, 6.07) is 37.4. The van der Waals surface area contributed by atoms with Gasteiger partial charge in [-0.1, -0.05) is 109 Å². The lowest BCUT2D eigenvalue weighted by atomic mass is 9.92. The molecule has 1 unspecified atom stereocenters. The maximum atomic E-state index is 14.1. The Kier molecular flexibility index (Phi) is 6.51. The second-order valence-electron chi connectivity index (χ2n) is 10.8. The molecule has 0 radical (unpaired) electrons. The van der Waals surface area contributed by atoms with E-state index in [0.717, 1.165) is 33.3 Å². The highest BCUT2D eigenvalue weighted by Crippen LogP contribution is 2.44. The van der Waals surface area contributed by atoms with E-state index in [-0.39, 0.29) is 24.6 Å². The predicted molar refractivity (Wildman–Crippen MR) is 158 cm³/mol. The Balaban J connectivity index is 1.30. The summed E-state index contributed by atoms with van der Waals surface area (Å²) in [5.41, 5.74) is 6.55. The van der Waals surface area contributed by atoms with Crippen LogP contribution in [0.4, 0.5) is 4.79 Å². The van der Waals surface area contributed by atoms with Gasteiger partial charge in [0.1, 0.15) is 12.6 Å². The van der Waals surface area contributed by atoms with Crippen LogP contribution in [0.25, 0.3) is 10.9 Å². The molecule has 0 spiro atoms. The van der Waals surface area contributed by atoms with Crippen molar-refractivity contribution < 1.29 is 14.3 Å². The van der Waals surface area contributed by atoms with Crippen molar-refractivity contribution in [3.05, 3.63) is 143 Å². The Bertz CT molecular complexity index is 1700. The molecule has 7 rings (SSSR count). The number of carbonyl (C=O) groups excluding carboxylic acids is 2. The third-order valence-corrected chi connectivity index (χ3v) is 8.29. The van der Waals surface area contributed by atoms with Gasteiger partial charge in [0.25, 0.3) is 0 Å². The van der Waals surface area contributed by atoms with Gasteiger partial charge < -0.3 is 19.1 Å². The number of amides is 2. The van der Waals surface area contributed by atoms with E-state index in [0.29, 0.717) is 26.1 Å². The summed E-state index contributed by atoms with van der Waals surface area (Å²) in [7, 11) is 0. The minimum Gasteiger partial charge on any atom is -0.459 e. The van der Waals surface area contributed by atoms with Crippen LogP contribution in [0.1, 0.15) is 34.0 Å². The molecule has 0 saturated carbocycles. The summed E-state index contributed by atoms with van der Waals surface area (Å²) >= 11 is 0. The molecule has 4 aromatic carbocycles. The van der Waals surface area contributed by atoms with E-state index in [1.807, 2.05) is 77.7 Å². The molecule has 3 heterocycles. The topological polar surface area (TPSA) is 54.8 Å². The third kappa shape index (κ3) is 4.65. The van der Waals surface area contributed by atoms with Gasteiger partial charge in [0.2, 0.25) is 0 Å². The van der Waals surface area contributed by atoms with Crippen molar-refractivity contribution in [2.45, 2.75) is 38.2 Å². The fourth-order valence-electron chi connectivity index (χ4n) is 6.42. The maximum Gasteiger partial charge on any atom is 0.329 e. The predicted octanol–water partition coefficient (Wildman–Crippen LogP) is 6.34. The van der Waals surface area contributed by atoms with Gasteiger partial charge in [0.15, 0.2) is 0 Å². The molecule has 1 fully saturated rings. The minimum atomic E-state index is -0.694. The normalized spacial score (nSPS) is 17.9. The van der Waals surface area contributed by atoms with Crippen LogP contribution in [0.15, 0.2) is 115 Å². The number of para-hydroxylation sites is 1. The first-order valence-corrected chi connectivity index (χ1v) is 14.1. The van der Waals surface area contributed by atoms with Crippen molar-refractivity contribution in [3.63, 3.8) is 0 Å². The van der Waals surface area contributed by atoms with Crippen molar-refractivity contribution >= 4 is 22.9 Å². The van der Waals surface area contributed by atoms with Crippen molar-refractivity contribution in [3.8, 4) is 0 Å². The van der Waals surface area contributed by atoms with Gasteiger partial charge in [-0.3, -0.25) is 0 Å². The second kappa shape index (κ2) is 10.6. The van der Waals surface area contributed by atoms with Crippen LogP contribution in [0.2, 0.25) is 0 Å². The molecule has 2 aliphatic heterocycles. The van der Waals surface area contributed by atoms with Crippen molar-refractivity contribution in [2.24, 2.45) is 0 Å². The van der Waals surface area contributed by atoms with Crippen LogP contribution in [-0.2, 0) is 35.6 Å². The standard InChI is InChI=1S/C35H31N3O3/c39-34(41-24-27-16-8-3-9-17-27)31-20-29-28-18-10-11-19-30(28)37(22-26-14-6-2-7-15-26)33(29)32-23-36(35(40)38(31)32)21-25-12-4-1-5-13-25/h1-19,31-32H,20-24H2/t31-,32?/m0/s1. The van der Waals surface area contributed by atoms with E-state index < -0.39 is 6.04 Å². The summed E-state index contributed by atoms with van der Waals surface area (Å²) in [5.74, 6) is -0.362. The van der Waals surface area contributed by atoms with Crippen LogP contribution < -0.4 is 0 Å². The average molecular weight is 542 g/mol. The zero-order valence-electron chi connectivity index (χ0n) is 22.7. The summed E-state index contributed by atoms with van der Waals surface area (Å²) in [4.78, 5) is 31.5. The SMILES string of the molecule is O=C(OCc1ccccc1)[C@@H]1Cc2c(n(Cc3ccccc3)c3ccccc23)C2CN(Cc3ccccc3)C(=O)N21. The van der Waals surface area contributed by atoms with Gasteiger partial charge in [-0.15, -0.1) is 0 Å². The number of nitrogens with zero attached hydrogens (tertiary/aromatic N) is 3. The zero-order chi connectivity index (χ0) is 27.8. The molecule has 2 amide bonds. The molecule has 1 saturated heterocycles. The molecule has 0 aliphatic carbocycles. The Labute approximate surface area is 239 Å². The summed E-state index contributed by atoms with van der Waals surface area (Å²) in [6.45, 7) is 1.87. The minimum absolute atomic E-state index is 0.123. The number of hydrogen-bond acceptors (Lipinski definition) is 3. The van der Waals surface area contributed by atoms with Crippen LogP contribution in [0.3, 0.4) is 0 Å². The van der Waals surface area contributed by atoms with E-state index >= 15 is 0 Å². The number of fused-ring (bicyclic) bond motifs is 5. The van der Waals surface area contributed by atoms with E-state index in [9.17, 15) is 9.59 Å². The number of rotatable bonds is 7. The van der Waals surface area contributed by atoms with E-state index in [1.54, 1.807) is 4.90 Å². The average Bonchev–Trinajstić information content (AvgIpc) is 3.51. The number of hydrogen-bond donors (Lipinski definition) is 0. The molecule has 0 N–H and O–H groups in total. The fraction of sp³-hybridized carbons (Fsp3) is 0.200. The molecule has 1 aromatic heterocycles. The molecule has 5 aromatic rings. The van der Waals surface area contributed by atoms with Crippen LogP contribution in [0, 0.1) is 0 Å². The third-order valence-electron chi connectivity index (χ3n) is 8.29. The first-order valence-electron chi connectivity index (χ1n) is 14.1. The smallest absolute Gasteiger partial charge is 0.329 e. The first-order chi connectivity index (χ1) is 20.2. The van der Waals surface area contributed by atoms with Gasteiger partial charge in [-0.05, 0) is 28.3 Å². The molecule has 6 heteroatoms. The number of benzene rings is 4. The number of urea groups is 1. The number of esters is 1. The highest BCUT2D eigenvalue weighted by molar-refractivity contribution is 5.91. The largest absolute Gasteiger partial charge is 0.459 e. The summed E-state index contributed by atoms with van der Waals surface area (Å²) in [5, 5.41) is 1.13. The number of ether oxygens (including phenoxy) is 1. The van der Waals surface area contributed by atoms with Gasteiger partial charge in [0, 0.05) is 42.7 Å². The first kappa shape index (κ1) is 25.1. The Morgan fingerprint density at radius 2 is 1.32 bits per heavy atom. The monoisotopic (exact) mass is 541 g/mol. The van der Waals surface area contributed by atoms with E-state index in [1.165, 1.54) is 5.56 Å². The van der Waals surface area contributed by atoms with Crippen LogP contribution in [0.5, 0.6) is 0 Å². The van der Waals surface area contributed by atoms with Gasteiger partial charge in [-0.25, -0.2) is 9.59 Å². The molecule has 2 atom stereocenters. The van der Waals surface area contributed by atoms with Crippen molar-refractivity contribution in [1.82, 2.24) is 14.4 Å². The second-order valence-corrected chi connectivity index (χ2v) is 10.8.